The topological polar surface area (TPSA) is 17.0 Å². The second-order valence-electron chi connectivity index (χ2n) is 6.59. The fourth-order valence-corrected chi connectivity index (χ4v) is 2.69. The molecular weight excluding hydrogens is 244 g/mol. The van der Waals surface area contributed by atoms with Crippen molar-refractivity contribution >= 4 is 10.9 Å². The van der Waals surface area contributed by atoms with Gasteiger partial charge in [-0.15, -0.1) is 0 Å². The molecular formula is C18H28N2. The summed E-state index contributed by atoms with van der Waals surface area (Å²) in [5, 5.41) is 4.99. The molecule has 110 valence electrons. The van der Waals surface area contributed by atoms with Crippen molar-refractivity contribution in [3.8, 4) is 0 Å². The molecule has 2 rings (SSSR count). The second-order valence-corrected chi connectivity index (χ2v) is 6.59. The molecule has 2 heteroatoms. The van der Waals surface area contributed by atoms with Gasteiger partial charge in [0.05, 0.1) is 0 Å². The first-order valence-corrected chi connectivity index (χ1v) is 7.83. The third-order valence-corrected chi connectivity index (χ3v) is 3.74. The van der Waals surface area contributed by atoms with Crippen molar-refractivity contribution in [3.05, 3.63) is 36.0 Å². The Labute approximate surface area is 123 Å². The van der Waals surface area contributed by atoms with Gasteiger partial charge in [-0.2, -0.15) is 0 Å². The quantitative estimate of drug-likeness (QED) is 0.773. The molecule has 0 fully saturated rings. The van der Waals surface area contributed by atoms with Crippen molar-refractivity contribution in [1.82, 2.24) is 9.88 Å². The average molecular weight is 272 g/mol. The van der Waals surface area contributed by atoms with Crippen LogP contribution in [0.15, 0.2) is 30.5 Å². The molecule has 1 heterocycles. The van der Waals surface area contributed by atoms with E-state index in [0.717, 1.165) is 13.1 Å². The molecule has 0 radical (unpaired) electrons. The van der Waals surface area contributed by atoms with Gasteiger partial charge in [-0.1, -0.05) is 18.2 Å². The molecule has 2 nitrogen and oxygen atoms in total. The Balaban J connectivity index is 1.93. The molecule has 0 atom stereocenters. The van der Waals surface area contributed by atoms with Crippen molar-refractivity contribution in [3.63, 3.8) is 0 Å². The van der Waals surface area contributed by atoms with E-state index in [4.69, 9.17) is 0 Å². The van der Waals surface area contributed by atoms with E-state index >= 15 is 0 Å². The van der Waals surface area contributed by atoms with Gasteiger partial charge in [-0.25, -0.2) is 0 Å². The van der Waals surface area contributed by atoms with Crippen molar-refractivity contribution in [2.45, 2.75) is 59.0 Å². The SMILES string of the molecule is CCn1cc(CCCCNC(C)(C)C)c2ccccc21. The minimum atomic E-state index is 0.234. The Morgan fingerprint density at radius 3 is 2.55 bits per heavy atom. The highest BCUT2D eigenvalue weighted by Gasteiger charge is 2.09. The molecule has 1 N–H and O–H groups in total. The number of nitrogens with zero attached hydrogens (tertiary/aromatic N) is 1. The number of hydrogen-bond donors (Lipinski definition) is 1. The Bertz CT molecular complexity index is 546. The van der Waals surface area contributed by atoms with Crippen LogP contribution < -0.4 is 5.32 Å². The van der Waals surface area contributed by atoms with E-state index in [1.165, 1.54) is 35.7 Å². The predicted molar refractivity (Wildman–Crippen MR) is 88.3 cm³/mol. The van der Waals surface area contributed by atoms with Gasteiger partial charge in [0.15, 0.2) is 0 Å². The second kappa shape index (κ2) is 6.45. The van der Waals surface area contributed by atoms with Crippen molar-refractivity contribution in [2.24, 2.45) is 0 Å². The molecule has 0 amide bonds. The van der Waals surface area contributed by atoms with Crippen LogP contribution in [0.2, 0.25) is 0 Å². The molecule has 0 unspecified atom stereocenters. The summed E-state index contributed by atoms with van der Waals surface area (Å²) >= 11 is 0. The highest BCUT2D eigenvalue weighted by atomic mass is 14.9. The van der Waals surface area contributed by atoms with E-state index in [2.05, 4.69) is 68.0 Å². The summed E-state index contributed by atoms with van der Waals surface area (Å²) in [7, 11) is 0. The maximum Gasteiger partial charge on any atom is 0.0483 e. The zero-order valence-corrected chi connectivity index (χ0v) is 13.4. The Morgan fingerprint density at radius 1 is 1.10 bits per heavy atom. The van der Waals surface area contributed by atoms with Gasteiger partial charge >= 0.3 is 0 Å². The fourth-order valence-electron chi connectivity index (χ4n) is 2.69. The molecule has 0 saturated carbocycles. The molecule has 1 aromatic heterocycles. The van der Waals surface area contributed by atoms with Crippen LogP contribution in [0.4, 0.5) is 0 Å². The van der Waals surface area contributed by atoms with E-state index in [1.54, 1.807) is 0 Å². The normalized spacial score (nSPS) is 12.2. The minimum Gasteiger partial charge on any atom is -0.347 e. The number of rotatable bonds is 6. The van der Waals surface area contributed by atoms with Crippen LogP contribution >= 0.6 is 0 Å². The van der Waals surface area contributed by atoms with Crippen LogP contribution in [0.1, 0.15) is 46.1 Å². The predicted octanol–water partition coefficient (Wildman–Crippen LogP) is 4.37. The monoisotopic (exact) mass is 272 g/mol. The van der Waals surface area contributed by atoms with Crippen LogP contribution in [-0.2, 0) is 13.0 Å². The maximum atomic E-state index is 3.56. The standard InChI is InChI=1S/C18H28N2/c1-5-20-14-15(16-11-6-7-12-17(16)20)10-8-9-13-19-18(2,3)4/h6-7,11-12,14,19H,5,8-10,13H2,1-4H3. The lowest BCUT2D eigenvalue weighted by molar-refractivity contribution is 0.419. The number of fused-ring (bicyclic) bond motifs is 1. The Hall–Kier alpha value is -1.28. The Kier molecular flexibility index (Phi) is 4.87. The van der Waals surface area contributed by atoms with Gasteiger partial charge in [-0.3, -0.25) is 0 Å². The van der Waals surface area contributed by atoms with Crippen molar-refractivity contribution in [1.29, 1.82) is 0 Å². The van der Waals surface area contributed by atoms with Crippen LogP contribution in [0.25, 0.3) is 10.9 Å². The van der Waals surface area contributed by atoms with Crippen LogP contribution in [0.3, 0.4) is 0 Å². The molecule has 0 aliphatic carbocycles. The van der Waals surface area contributed by atoms with Crippen molar-refractivity contribution < 1.29 is 0 Å². The Morgan fingerprint density at radius 2 is 1.85 bits per heavy atom. The number of unbranched alkanes of at least 4 members (excludes halogenated alkanes) is 1. The average Bonchev–Trinajstić information content (AvgIpc) is 2.76. The van der Waals surface area contributed by atoms with Gasteiger partial charge in [0, 0.05) is 29.2 Å². The van der Waals surface area contributed by atoms with Gasteiger partial charge in [0.1, 0.15) is 0 Å². The largest absolute Gasteiger partial charge is 0.347 e. The number of aryl methyl sites for hydroxylation is 2. The molecule has 20 heavy (non-hydrogen) atoms. The maximum absolute atomic E-state index is 3.56. The zero-order chi connectivity index (χ0) is 14.6. The first-order chi connectivity index (χ1) is 9.51. The summed E-state index contributed by atoms with van der Waals surface area (Å²) in [6, 6.07) is 8.76. The lowest BCUT2D eigenvalue weighted by Crippen LogP contribution is -2.36. The lowest BCUT2D eigenvalue weighted by Gasteiger charge is -2.20. The number of benzene rings is 1. The zero-order valence-electron chi connectivity index (χ0n) is 13.4. The summed E-state index contributed by atoms with van der Waals surface area (Å²) in [6.07, 6.45) is 6.00. The van der Waals surface area contributed by atoms with Gasteiger partial charge in [0.25, 0.3) is 0 Å². The highest BCUT2D eigenvalue weighted by molar-refractivity contribution is 5.83. The number of nitrogens with one attached hydrogen (secondary N) is 1. The molecule has 2 aromatic rings. The van der Waals surface area contributed by atoms with E-state index in [-0.39, 0.29) is 5.54 Å². The fraction of sp³-hybridized carbons (Fsp3) is 0.556. The van der Waals surface area contributed by atoms with Gasteiger partial charge in [-0.05, 0) is 65.1 Å². The van der Waals surface area contributed by atoms with Gasteiger partial charge in [0.2, 0.25) is 0 Å². The minimum absolute atomic E-state index is 0.234. The summed E-state index contributed by atoms with van der Waals surface area (Å²) < 4.78 is 2.36. The first kappa shape index (κ1) is 15.1. The molecule has 0 bridgehead atoms. The number of aromatic nitrogens is 1. The van der Waals surface area contributed by atoms with Crippen LogP contribution in [0, 0.1) is 0 Å². The summed E-state index contributed by atoms with van der Waals surface area (Å²) in [4.78, 5) is 0. The number of hydrogen-bond acceptors (Lipinski definition) is 1. The highest BCUT2D eigenvalue weighted by Crippen LogP contribution is 2.22. The molecule has 1 aromatic carbocycles. The molecule has 0 aliphatic rings. The van der Waals surface area contributed by atoms with Crippen LogP contribution in [-0.4, -0.2) is 16.7 Å². The summed E-state index contributed by atoms with van der Waals surface area (Å²) in [5.41, 5.74) is 3.11. The van der Waals surface area contributed by atoms with E-state index < -0.39 is 0 Å². The smallest absolute Gasteiger partial charge is 0.0483 e. The molecule has 0 saturated heterocycles. The lowest BCUT2D eigenvalue weighted by atomic mass is 10.1. The molecule has 0 aliphatic heterocycles. The number of para-hydroxylation sites is 1. The summed E-state index contributed by atoms with van der Waals surface area (Å²) in [6.45, 7) is 11.0. The van der Waals surface area contributed by atoms with E-state index in [0.29, 0.717) is 0 Å². The van der Waals surface area contributed by atoms with Crippen LogP contribution in [0.5, 0.6) is 0 Å². The van der Waals surface area contributed by atoms with Crippen molar-refractivity contribution in [2.75, 3.05) is 6.54 Å². The van der Waals surface area contributed by atoms with Gasteiger partial charge < -0.3 is 9.88 Å². The third kappa shape index (κ3) is 3.86. The first-order valence-electron chi connectivity index (χ1n) is 7.83. The summed E-state index contributed by atoms with van der Waals surface area (Å²) in [5.74, 6) is 0. The van der Waals surface area contributed by atoms with E-state index in [9.17, 15) is 0 Å². The molecule has 0 spiro atoms. The third-order valence-electron chi connectivity index (χ3n) is 3.74. The van der Waals surface area contributed by atoms with E-state index in [1.807, 2.05) is 0 Å².